The molecule has 0 saturated carbocycles. The van der Waals surface area contributed by atoms with Gasteiger partial charge in [0, 0.05) is 68.2 Å². The molecule has 0 radical (unpaired) electrons. The van der Waals surface area contributed by atoms with Crippen molar-refractivity contribution in [2.45, 2.75) is 145 Å². The highest BCUT2D eigenvalue weighted by Crippen LogP contribution is 2.51. The molecule has 22 aromatic carbocycles. The van der Waals surface area contributed by atoms with Gasteiger partial charge in [-0.2, -0.15) is 0 Å². The van der Waals surface area contributed by atoms with E-state index in [1.807, 2.05) is 0 Å². The molecule has 0 amide bonds. The minimum Gasteiger partial charge on any atom is -0.311 e. The van der Waals surface area contributed by atoms with Gasteiger partial charge in [0.25, 0.3) is 0 Å². The van der Waals surface area contributed by atoms with E-state index in [9.17, 15) is 0 Å². The average Bonchev–Trinajstić information content (AvgIpc) is 0.710. The Hall–Kier alpha value is -16.9. The maximum Gasteiger partial charge on any atom is 0.0464 e. The van der Waals surface area contributed by atoms with Crippen LogP contribution in [0.1, 0.15) is 135 Å². The highest BCUT2D eigenvalue weighted by Gasteiger charge is 2.27. The largest absolute Gasteiger partial charge is 0.311 e. The van der Waals surface area contributed by atoms with Crippen molar-refractivity contribution in [3.8, 4) is 89.0 Å². The molecule has 22 rings (SSSR count). The summed E-state index contributed by atoms with van der Waals surface area (Å²) < 4.78 is 0. The molecule has 4 heteroatoms. The number of aryl methyl sites for hydroxylation is 8. The molecule has 0 aliphatic rings. The predicted octanol–water partition coefficient (Wildman–Crippen LogP) is 42.9. The fourth-order valence-corrected chi connectivity index (χ4v) is 22.2. The van der Waals surface area contributed by atoms with E-state index in [0.717, 1.165) is 93.9 Å². The number of anilines is 12. The zero-order valence-corrected chi connectivity index (χ0v) is 87.9. The van der Waals surface area contributed by atoms with Gasteiger partial charge >= 0.3 is 0 Å². The van der Waals surface area contributed by atoms with Crippen LogP contribution in [-0.2, 0) is 12.8 Å². The Morgan fingerprint density at radius 2 is 0.353 bits per heavy atom. The fourth-order valence-electron chi connectivity index (χ4n) is 22.2. The molecule has 0 N–H and O–H groups in total. The van der Waals surface area contributed by atoms with Gasteiger partial charge in [0.2, 0.25) is 0 Å². The lowest BCUT2D eigenvalue weighted by atomic mass is 9.80. The van der Waals surface area contributed by atoms with Gasteiger partial charge in [-0.3, -0.25) is 0 Å². The Labute approximate surface area is 888 Å². The Kier molecular flexibility index (Phi) is 30.7. The summed E-state index contributed by atoms with van der Waals surface area (Å²) in [4.78, 5) is 9.46. The molecule has 0 aliphatic heterocycles. The summed E-state index contributed by atoms with van der Waals surface area (Å²) in [6.07, 6.45) is 17.1. The summed E-state index contributed by atoms with van der Waals surface area (Å²) in [7, 11) is 0. The van der Waals surface area contributed by atoms with E-state index in [1.165, 1.54) is 241 Å². The second kappa shape index (κ2) is 46.4. The number of hydrogen-bond donors (Lipinski definition) is 0. The second-order valence-corrected chi connectivity index (χ2v) is 40.8. The van der Waals surface area contributed by atoms with Crippen LogP contribution < -0.4 is 19.6 Å². The zero-order chi connectivity index (χ0) is 102. The number of benzene rings is 22. The third-order valence-electron chi connectivity index (χ3n) is 30.1. The van der Waals surface area contributed by atoms with Gasteiger partial charge in [-0.25, -0.2) is 0 Å². The van der Waals surface area contributed by atoms with E-state index < -0.39 is 0 Å². The first kappa shape index (κ1) is 99.1. The van der Waals surface area contributed by atoms with E-state index in [0.29, 0.717) is 0 Å². The third kappa shape index (κ3) is 22.1. The van der Waals surface area contributed by atoms with Gasteiger partial charge < -0.3 is 19.6 Å². The standard InChI is InChI=1S/C86H84N2.C60H48N2/c1-5-7-9-11-13-17-31-71-61-83(69-45-57-77(58-46-69)87(73-49-37-63(3)38-50-73)75-53-41-67(42-54-75)65-27-19-15-20-28-65)79-33-23-25-35-81(79)85(71)86-72(32-18-14-12-10-8-6-2)62-84(80-34-24-26-36-82(80)86)70-47-59-78(60-48-70)88(74-51-39-64(4)40-52-74)76-55-43-68(44-56-76)66-29-21-16-22-30-66;1-41-19-27-47(28-20-41)61(51-13-9-11-43(3)39-51)49-31-23-45(24-32-49)53-35-37-59(57-17-7-5-15-55(53)57)60-38-36-54(56-16-6-8-18-58(56)60)46-25-33-50(34-26-46)62(48-29-21-42(2)22-30-48)52-14-10-12-44(4)40-52/h15-16,19-30,33-62H,5-14,17-18,31-32H2,1-4H3;5-40H,1-4H3. The van der Waals surface area contributed by atoms with E-state index >= 15 is 0 Å². The van der Waals surface area contributed by atoms with Gasteiger partial charge in [0.05, 0.1) is 0 Å². The van der Waals surface area contributed by atoms with Crippen molar-refractivity contribution in [2.75, 3.05) is 19.6 Å². The first-order valence-electron chi connectivity index (χ1n) is 54.3. The molecule has 0 saturated heterocycles. The van der Waals surface area contributed by atoms with Crippen LogP contribution in [0.15, 0.2) is 485 Å². The summed E-state index contributed by atoms with van der Waals surface area (Å²) in [5.74, 6) is 0. The molecule has 0 aliphatic carbocycles. The number of unbranched alkanes of at least 4 members (excludes halogenated alkanes) is 10. The Balaban J connectivity index is 0.000000186. The highest BCUT2D eigenvalue weighted by molar-refractivity contribution is 6.16. The first-order valence-corrected chi connectivity index (χ1v) is 54.3. The molecule has 0 unspecified atom stereocenters. The Morgan fingerprint density at radius 1 is 0.140 bits per heavy atom. The molecule has 22 aromatic rings. The Morgan fingerprint density at radius 3 is 0.633 bits per heavy atom. The average molecular weight is 1940 g/mol. The summed E-state index contributed by atoms with van der Waals surface area (Å²) >= 11 is 0. The van der Waals surface area contributed by atoms with Gasteiger partial charge in [0.15, 0.2) is 0 Å². The number of hydrogen-bond acceptors (Lipinski definition) is 4. The summed E-state index contributed by atoms with van der Waals surface area (Å²) in [5.41, 5.74) is 44.0. The molecule has 0 atom stereocenters. The second-order valence-electron chi connectivity index (χ2n) is 40.8. The molecule has 0 spiro atoms. The van der Waals surface area contributed by atoms with Crippen molar-refractivity contribution in [1.82, 2.24) is 0 Å². The molecule has 4 nitrogen and oxygen atoms in total. The van der Waals surface area contributed by atoms with Gasteiger partial charge in [-0.05, 0) is 379 Å². The van der Waals surface area contributed by atoms with Gasteiger partial charge in [-0.15, -0.1) is 0 Å². The van der Waals surface area contributed by atoms with Crippen LogP contribution in [0, 0.1) is 41.5 Å². The van der Waals surface area contributed by atoms with E-state index in [1.54, 1.807) is 0 Å². The van der Waals surface area contributed by atoms with E-state index in [2.05, 4.69) is 560 Å². The monoisotopic (exact) mass is 1940 g/mol. The van der Waals surface area contributed by atoms with Crippen molar-refractivity contribution < 1.29 is 0 Å². The van der Waals surface area contributed by atoms with Crippen LogP contribution in [-0.4, -0.2) is 0 Å². The van der Waals surface area contributed by atoms with E-state index in [-0.39, 0.29) is 0 Å². The van der Waals surface area contributed by atoms with Crippen LogP contribution >= 0.6 is 0 Å². The van der Waals surface area contributed by atoms with Crippen LogP contribution in [0.5, 0.6) is 0 Å². The molecule has 150 heavy (non-hydrogen) atoms. The van der Waals surface area contributed by atoms with Crippen molar-refractivity contribution in [1.29, 1.82) is 0 Å². The first-order chi connectivity index (χ1) is 73.8. The summed E-state index contributed by atoms with van der Waals surface area (Å²) in [6, 6.07) is 180. The quantitative estimate of drug-likeness (QED) is 0.0373. The molecular weight excluding hydrogens is 1810 g/mol. The van der Waals surface area contributed by atoms with Crippen LogP contribution in [0.2, 0.25) is 0 Å². The van der Waals surface area contributed by atoms with Gasteiger partial charge in [-0.1, -0.05) is 428 Å². The maximum absolute atomic E-state index is 2.60. The molecular formula is C146H132N4. The number of fused-ring (bicyclic) bond motifs is 4. The van der Waals surface area contributed by atoms with Crippen molar-refractivity contribution in [3.63, 3.8) is 0 Å². The fraction of sp³-hybridized carbons (Fsp3) is 0.151. The highest BCUT2D eigenvalue weighted by atomic mass is 15.2. The molecule has 0 bridgehead atoms. The van der Waals surface area contributed by atoms with Crippen molar-refractivity contribution in [2.24, 2.45) is 0 Å². The summed E-state index contributed by atoms with van der Waals surface area (Å²) in [6.45, 7) is 17.5. The maximum atomic E-state index is 2.60. The molecule has 0 heterocycles. The topological polar surface area (TPSA) is 13.0 Å². The minimum atomic E-state index is 1.03. The molecule has 736 valence electrons. The predicted molar refractivity (Wildman–Crippen MR) is 648 cm³/mol. The zero-order valence-electron chi connectivity index (χ0n) is 87.9. The van der Waals surface area contributed by atoms with Gasteiger partial charge in [0.1, 0.15) is 0 Å². The normalized spacial score (nSPS) is 11.3. The van der Waals surface area contributed by atoms with E-state index in [4.69, 9.17) is 0 Å². The molecule has 0 fully saturated rings. The van der Waals surface area contributed by atoms with Crippen LogP contribution in [0.25, 0.3) is 132 Å². The lowest BCUT2D eigenvalue weighted by molar-refractivity contribution is 0.607. The number of rotatable bonds is 34. The van der Waals surface area contributed by atoms with Crippen LogP contribution in [0.3, 0.4) is 0 Å². The lowest BCUT2D eigenvalue weighted by Gasteiger charge is -2.26. The molecule has 0 aromatic heterocycles. The van der Waals surface area contributed by atoms with Crippen molar-refractivity contribution >= 4 is 111 Å². The Bertz CT molecular complexity index is 7870. The third-order valence-corrected chi connectivity index (χ3v) is 30.1. The van der Waals surface area contributed by atoms with Crippen LogP contribution in [0.4, 0.5) is 68.2 Å². The smallest absolute Gasteiger partial charge is 0.0464 e. The lowest BCUT2D eigenvalue weighted by Crippen LogP contribution is -2.10. The minimum absolute atomic E-state index is 1.03. The summed E-state index contributed by atoms with van der Waals surface area (Å²) in [5, 5.41) is 10.2. The number of nitrogens with zero attached hydrogens (tertiary/aromatic N) is 4. The SMILES string of the molecule is CCCCCCCCc1cc(-c2ccc(N(c3ccc(C)cc3)c3ccc(-c4ccccc4)cc3)cc2)c2ccccc2c1-c1c(CCCCCCCC)cc(-c2ccc(N(c3ccc(C)cc3)c3ccc(-c4ccccc4)cc3)cc2)c2ccccc12.Cc1ccc(N(c2ccc(-c3ccc(-c4ccc(-c5ccc(N(c6ccc(C)cc6)c6cccc(C)c6)cc5)c5ccccc45)c4ccccc34)cc2)c2cccc(C)c2)cc1. The van der Waals surface area contributed by atoms with Crippen molar-refractivity contribution in [3.05, 3.63) is 530 Å².